The van der Waals surface area contributed by atoms with E-state index >= 15 is 0 Å². The fourth-order valence-corrected chi connectivity index (χ4v) is 4.57. The average Bonchev–Trinajstić information content (AvgIpc) is 3.33. The zero-order valence-electron chi connectivity index (χ0n) is 21.6. The van der Waals surface area contributed by atoms with E-state index < -0.39 is 11.9 Å². The third kappa shape index (κ3) is 5.71. The average molecular weight is 571 g/mol. The molecule has 0 atom stereocenters. The number of esters is 1. The molecular weight excluding hydrogens is 547 g/mol. The molecule has 40 heavy (non-hydrogen) atoms. The van der Waals surface area contributed by atoms with Crippen molar-refractivity contribution in [3.05, 3.63) is 118 Å². The van der Waals surface area contributed by atoms with Crippen LogP contribution in [0, 0.1) is 0 Å². The van der Waals surface area contributed by atoms with E-state index in [1.54, 1.807) is 54.6 Å². The SMILES string of the molecule is CN(C)c1ccc2[nH]c(C(=O)NN=Cc3ccccc3OC(=O)c3ccc(Cl)cc3)c(-c3ccccc3Cl)c2c1. The molecule has 5 rings (SSSR count). The Morgan fingerprint density at radius 3 is 2.40 bits per heavy atom. The molecule has 9 heteroatoms. The molecule has 0 saturated carbocycles. The molecule has 0 aliphatic carbocycles. The van der Waals surface area contributed by atoms with Crippen LogP contribution in [0.1, 0.15) is 26.4 Å². The third-order valence-electron chi connectivity index (χ3n) is 6.24. The summed E-state index contributed by atoms with van der Waals surface area (Å²) >= 11 is 12.5. The van der Waals surface area contributed by atoms with Crippen molar-refractivity contribution in [1.82, 2.24) is 10.4 Å². The molecule has 0 aliphatic heterocycles. The van der Waals surface area contributed by atoms with E-state index in [0.717, 1.165) is 22.2 Å². The predicted molar refractivity (Wildman–Crippen MR) is 161 cm³/mol. The number of carbonyl (C=O) groups excluding carboxylic acids is 2. The molecule has 7 nitrogen and oxygen atoms in total. The fourth-order valence-electron chi connectivity index (χ4n) is 4.21. The Morgan fingerprint density at radius 2 is 1.65 bits per heavy atom. The van der Waals surface area contributed by atoms with Crippen molar-refractivity contribution in [2.75, 3.05) is 19.0 Å². The van der Waals surface area contributed by atoms with Crippen molar-refractivity contribution in [2.24, 2.45) is 5.10 Å². The number of carbonyl (C=O) groups is 2. The first kappa shape index (κ1) is 27.0. The lowest BCUT2D eigenvalue weighted by atomic mass is 10.0. The largest absolute Gasteiger partial charge is 0.422 e. The van der Waals surface area contributed by atoms with Crippen LogP contribution in [0.15, 0.2) is 96.1 Å². The van der Waals surface area contributed by atoms with Crippen molar-refractivity contribution < 1.29 is 14.3 Å². The lowest BCUT2D eigenvalue weighted by molar-refractivity contribution is 0.0734. The summed E-state index contributed by atoms with van der Waals surface area (Å²) in [6.07, 6.45) is 1.42. The van der Waals surface area contributed by atoms with E-state index in [-0.39, 0.29) is 0 Å². The number of anilines is 1. The Labute approximate surface area is 241 Å². The maximum Gasteiger partial charge on any atom is 0.343 e. The van der Waals surface area contributed by atoms with Crippen LogP contribution in [0.4, 0.5) is 5.69 Å². The van der Waals surface area contributed by atoms with Gasteiger partial charge < -0.3 is 14.6 Å². The number of nitrogens with one attached hydrogen (secondary N) is 2. The minimum Gasteiger partial charge on any atom is -0.422 e. The minimum atomic E-state index is -0.541. The van der Waals surface area contributed by atoms with Gasteiger partial charge in [0.2, 0.25) is 0 Å². The van der Waals surface area contributed by atoms with Gasteiger partial charge in [-0.1, -0.05) is 53.5 Å². The van der Waals surface area contributed by atoms with E-state index in [4.69, 9.17) is 27.9 Å². The second kappa shape index (κ2) is 11.7. The van der Waals surface area contributed by atoms with Gasteiger partial charge in [0.1, 0.15) is 11.4 Å². The zero-order valence-corrected chi connectivity index (χ0v) is 23.1. The van der Waals surface area contributed by atoms with Crippen LogP contribution in [-0.4, -0.2) is 37.2 Å². The van der Waals surface area contributed by atoms with E-state index in [2.05, 4.69) is 15.5 Å². The highest BCUT2D eigenvalue weighted by molar-refractivity contribution is 6.34. The summed E-state index contributed by atoms with van der Waals surface area (Å²) < 4.78 is 5.56. The molecule has 5 aromatic rings. The summed E-state index contributed by atoms with van der Waals surface area (Å²) in [5, 5.41) is 6.04. The molecule has 1 amide bonds. The number of aromatic amines is 1. The van der Waals surface area contributed by atoms with Crippen LogP contribution < -0.4 is 15.1 Å². The lowest BCUT2D eigenvalue weighted by Gasteiger charge is -2.13. The summed E-state index contributed by atoms with van der Waals surface area (Å²) in [7, 11) is 3.91. The van der Waals surface area contributed by atoms with Crippen molar-refractivity contribution in [3.8, 4) is 16.9 Å². The van der Waals surface area contributed by atoms with Gasteiger partial charge in [-0.05, 0) is 60.7 Å². The van der Waals surface area contributed by atoms with E-state index in [1.807, 2.05) is 55.4 Å². The first-order valence-electron chi connectivity index (χ1n) is 12.3. The number of aromatic nitrogens is 1. The van der Waals surface area contributed by atoms with Crippen LogP contribution in [-0.2, 0) is 0 Å². The number of hydrazone groups is 1. The molecule has 0 aliphatic rings. The Kier molecular flexibility index (Phi) is 7.86. The van der Waals surface area contributed by atoms with E-state index in [9.17, 15) is 9.59 Å². The first-order chi connectivity index (χ1) is 19.3. The van der Waals surface area contributed by atoms with E-state index in [1.165, 1.54) is 6.21 Å². The number of rotatable bonds is 7. The van der Waals surface area contributed by atoms with Gasteiger partial charge in [0, 0.05) is 57.4 Å². The molecular formula is C31H24Cl2N4O3. The van der Waals surface area contributed by atoms with Gasteiger partial charge in [-0.25, -0.2) is 10.2 Å². The summed E-state index contributed by atoms with van der Waals surface area (Å²) in [4.78, 5) is 31.2. The number of halogens is 2. The Morgan fingerprint density at radius 1 is 0.925 bits per heavy atom. The number of amides is 1. The van der Waals surface area contributed by atoms with Crippen LogP contribution in [0.2, 0.25) is 10.0 Å². The summed E-state index contributed by atoms with van der Waals surface area (Å²) in [5.74, 6) is -0.704. The number of para-hydroxylation sites is 1. The summed E-state index contributed by atoms with van der Waals surface area (Å²) in [6, 6.07) is 26.6. The van der Waals surface area contributed by atoms with Crippen LogP contribution in [0.25, 0.3) is 22.0 Å². The Balaban J connectivity index is 1.43. The maximum atomic E-state index is 13.4. The fraction of sp³-hybridized carbons (Fsp3) is 0.0645. The quantitative estimate of drug-likeness (QED) is 0.0937. The Bertz CT molecular complexity index is 1740. The van der Waals surface area contributed by atoms with Gasteiger partial charge in [-0.3, -0.25) is 4.79 Å². The van der Waals surface area contributed by atoms with Gasteiger partial charge in [0.25, 0.3) is 5.91 Å². The number of fused-ring (bicyclic) bond motifs is 1. The molecule has 0 radical (unpaired) electrons. The third-order valence-corrected chi connectivity index (χ3v) is 6.82. The Hall–Kier alpha value is -4.59. The van der Waals surface area contributed by atoms with Crippen molar-refractivity contribution in [2.45, 2.75) is 0 Å². The number of H-pyrrole nitrogens is 1. The summed E-state index contributed by atoms with van der Waals surface area (Å²) in [5.41, 5.74) is 6.93. The second-order valence-corrected chi connectivity index (χ2v) is 9.96. The van der Waals surface area contributed by atoms with Crippen LogP contribution in [0.3, 0.4) is 0 Å². The molecule has 2 N–H and O–H groups in total. The molecule has 0 bridgehead atoms. The van der Waals surface area contributed by atoms with Crippen LogP contribution in [0.5, 0.6) is 5.75 Å². The molecule has 0 fully saturated rings. The van der Waals surface area contributed by atoms with Crippen LogP contribution >= 0.6 is 23.2 Å². The van der Waals surface area contributed by atoms with Gasteiger partial charge in [-0.2, -0.15) is 5.10 Å². The molecule has 0 unspecified atom stereocenters. The highest BCUT2D eigenvalue weighted by Gasteiger charge is 2.21. The highest BCUT2D eigenvalue weighted by atomic mass is 35.5. The van der Waals surface area contributed by atoms with Gasteiger partial charge in [0.15, 0.2) is 0 Å². The standard InChI is InChI=1S/C31H24Cl2N4O3/c1-37(2)22-15-16-26-24(17-22)28(23-8-4-5-9-25(23)33)29(35-26)30(38)36-34-18-20-7-3-6-10-27(20)40-31(39)19-11-13-21(32)14-12-19/h3-18,35H,1-2H3,(H,36,38). The number of ether oxygens (including phenoxy) is 1. The van der Waals surface area contributed by atoms with E-state index in [0.29, 0.717) is 38.2 Å². The van der Waals surface area contributed by atoms with Crippen molar-refractivity contribution in [1.29, 1.82) is 0 Å². The predicted octanol–water partition coefficient (Wildman–Crippen LogP) is 7.19. The number of hydrogen-bond acceptors (Lipinski definition) is 5. The minimum absolute atomic E-state index is 0.291. The second-order valence-electron chi connectivity index (χ2n) is 9.11. The maximum absolute atomic E-state index is 13.4. The number of benzene rings is 4. The van der Waals surface area contributed by atoms with Crippen molar-refractivity contribution in [3.63, 3.8) is 0 Å². The molecule has 4 aromatic carbocycles. The number of hydrogen-bond donors (Lipinski definition) is 2. The van der Waals surface area contributed by atoms with Gasteiger partial charge >= 0.3 is 5.97 Å². The zero-order chi connectivity index (χ0) is 28.2. The van der Waals surface area contributed by atoms with Gasteiger partial charge in [0.05, 0.1) is 11.8 Å². The normalized spacial score (nSPS) is 11.1. The smallest absolute Gasteiger partial charge is 0.343 e. The molecule has 0 saturated heterocycles. The highest BCUT2D eigenvalue weighted by Crippen LogP contribution is 2.38. The first-order valence-corrected chi connectivity index (χ1v) is 13.1. The molecule has 1 aromatic heterocycles. The lowest BCUT2D eigenvalue weighted by Crippen LogP contribution is -2.19. The molecule has 200 valence electrons. The van der Waals surface area contributed by atoms with Gasteiger partial charge in [-0.15, -0.1) is 0 Å². The van der Waals surface area contributed by atoms with Crippen molar-refractivity contribution >= 4 is 57.9 Å². The summed E-state index contributed by atoms with van der Waals surface area (Å²) in [6.45, 7) is 0. The number of nitrogens with zero attached hydrogens (tertiary/aromatic N) is 2. The topological polar surface area (TPSA) is 86.8 Å². The monoisotopic (exact) mass is 570 g/mol. The molecule has 0 spiro atoms. The molecule has 1 heterocycles.